The summed E-state index contributed by atoms with van der Waals surface area (Å²) >= 11 is 0. The van der Waals surface area contributed by atoms with Crippen molar-refractivity contribution in [2.24, 2.45) is 0 Å². The van der Waals surface area contributed by atoms with E-state index in [0.29, 0.717) is 12.4 Å². The molecule has 2 aromatic heterocycles. The third-order valence-electron chi connectivity index (χ3n) is 2.56. The van der Waals surface area contributed by atoms with Crippen molar-refractivity contribution >= 4 is 0 Å². The Morgan fingerprint density at radius 2 is 2.06 bits per heavy atom. The number of nitrogens with zero attached hydrogens (tertiary/aromatic N) is 4. The maximum atomic E-state index is 5.21. The van der Waals surface area contributed by atoms with Gasteiger partial charge in [-0.05, 0) is 12.8 Å². The molecule has 0 saturated heterocycles. The van der Waals surface area contributed by atoms with Gasteiger partial charge < -0.3 is 9.09 Å². The molecule has 2 aromatic rings. The Kier molecular flexibility index (Phi) is 3.90. The van der Waals surface area contributed by atoms with Crippen molar-refractivity contribution < 1.29 is 4.52 Å². The fraction of sp³-hybridized carbons (Fsp3) is 0.583. The van der Waals surface area contributed by atoms with Gasteiger partial charge in [0, 0.05) is 25.2 Å². The van der Waals surface area contributed by atoms with Gasteiger partial charge in [0.15, 0.2) is 5.82 Å². The van der Waals surface area contributed by atoms with E-state index >= 15 is 0 Å². The molecule has 2 heterocycles. The minimum Gasteiger partial charge on any atom is -0.337 e. The molecule has 0 atom stereocenters. The van der Waals surface area contributed by atoms with E-state index < -0.39 is 0 Å². The maximum Gasteiger partial charge on any atom is 0.246 e. The van der Waals surface area contributed by atoms with E-state index in [-0.39, 0.29) is 0 Å². The fourth-order valence-corrected chi connectivity index (χ4v) is 1.76. The smallest absolute Gasteiger partial charge is 0.246 e. The first-order valence-electron chi connectivity index (χ1n) is 6.15. The van der Waals surface area contributed by atoms with Crippen LogP contribution in [-0.2, 0) is 19.4 Å². The molecule has 2 rings (SSSR count). The minimum absolute atomic E-state index is 0.617. The molecule has 0 radical (unpaired) electrons. The van der Waals surface area contributed by atoms with Gasteiger partial charge in [0.2, 0.25) is 5.89 Å². The second kappa shape index (κ2) is 5.61. The highest BCUT2D eigenvalue weighted by Crippen LogP contribution is 2.06. The van der Waals surface area contributed by atoms with Crippen LogP contribution in [-0.4, -0.2) is 19.7 Å². The molecule has 0 saturated carbocycles. The van der Waals surface area contributed by atoms with E-state index in [1.807, 2.05) is 12.4 Å². The largest absolute Gasteiger partial charge is 0.337 e. The van der Waals surface area contributed by atoms with Gasteiger partial charge in [-0.2, -0.15) is 4.98 Å². The highest BCUT2D eigenvalue weighted by Gasteiger charge is 2.08. The highest BCUT2D eigenvalue weighted by molar-refractivity contribution is 4.96. The molecule has 0 aliphatic rings. The number of rotatable bonds is 6. The number of aromatic nitrogens is 4. The van der Waals surface area contributed by atoms with Crippen molar-refractivity contribution in [3.63, 3.8) is 0 Å². The lowest BCUT2D eigenvalue weighted by atomic mass is 10.3. The van der Waals surface area contributed by atoms with Crippen LogP contribution in [0.5, 0.6) is 0 Å². The SMILES string of the molecule is CCCc1noc(Cn2ccnc2CCC)n1. The fourth-order valence-electron chi connectivity index (χ4n) is 1.76. The number of hydrogen-bond donors (Lipinski definition) is 0. The molecular weight excluding hydrogens is 216 g/mol. The summed E-state index contributed by atoms with van der Waals surface area (Å²) in [6.45, 7) is 4.86. The van der Waals surface area contributed by atoms with E-state index in [9.17, 15) is 0 Å². The average molecular weight is 234 g/mol. The van der Waals surface area contributed by atoms with E-state index in [1.54, 1.807) is 0 Å². The molecule has 0 amide bonds. The van der Waals surface area contributed by atoms with Crippen molar-refractivity contribution in [3.8, 4) is 0 Å². The Labute approximate surface area is 101 Å². The van der Waals surface area contributed by atoms with Crippen LogP contribution in [0.1, 0.15) is 44.2 Å². The standard InChI is InChI=1S/C12H18N4O/c1-3-5-10-14-12(17-15-10)9-16-8-7-13-11(16)6-4-2/h7-8H,3-6,9H2,1-2H3. The predicted molar refractivity (Wildman–Crippen MR) is 63.6 cm³/mol. The number of aryl methyl sites for hydroxylation is 2. The van der Waals surface area contributed by atoms with Crippen LogP contribution >= 0.6 is 0 Å². The van der Waals surface area contributed by atoms with E-state index in [1.165, 1.54) is 0 Å². The van der Waals surface area contributed by atoms with Gasteiger partial charge in [-0.15, -0.1) is 0 Å². The van der Waals surface area contributed by atoms with Gasteiger partial charge in [0.05, 0.1) is 0 Å². The van der Waals surface area contributed by atoms with Gasteiger partial charge in [0.25, 0.3) is 0 Å². The van der Waals surface area contributed by atoms with Crippen molar-refractivity contribution in [2.45, 2.75) is 46.1 Å². The summed E-state index contributed by atoms with van der Waals surface area (Å²) in [6.07, 6.45) is 7.73. The van der Waals surface area contributed by atoms with E-state index in [2.05, 4.69) is 33.5 Å². The quantitative estimate of drug-likeness (QED) is 0.769. The van der Waals surface area contributed by atoms with Crippen LogP contribution in [0.3, 0.4) is 0 Å². The molecule has 0 unspecified atom stereocenters. The predicted octanol–water partition coefficient (Wildman–Crippen LogP) is 2.22. The third-order valence-corrected chi connectivity index (χ3v) is 2.56. The van der Waals surface area contributed by atoms with E-state index in [4.69, 9.17) is 4.52 Å². The van der Waals surface area contributed by atoms with Gasteiger partial charge in [-0.25, -0.2) is 4.98 Å². The normalized spacial score (nSPS) is 10.9. The number of imidazole rings is 1. The summed E-state index contributed by atoms with van der Waals surface area (Å²) in [5.41, 5.74) is 0. The lowest BCUT2D eigenvalue weighted by molar-refractivity contribution is 0.364. The van der Waals surface area contributed by atoms with Crippen LogP contribution in [0, 0.1) is 0 Å². The molecule has 0 spiro atoms. The number of hydrogen-bond acceptors (Lipinski definition) is 4. The molecule has 0 aliphatic heterocycles. The summed E-state index contributed by atoms with van der Waals surface area (Å²) in [5, 5.41) is 3.94. The zero-order valence-corrected chi connectivity index (χ0v) is 10.4. The Morgan fingerprint density at radius 3 is 2.82 bits per heavy atom. The first-order valence-corrected chi connectivity index (χ1v) is 6.15. The lowest BCUT2D eigenvalue weighted by Gasteiger charge is -2.02. The van der Waals surface area contributed by atoms with Crippen LogP contribution in [0.15, 0.2) is 16.9 Å². The summed E-state index contributed by atoms with van der Waals surface area (Å²) in [4.78, 5) is 8.67. The van der Waals surface area contributed by atoms with Crippen molar-refractivity contribution in [2.75, 3.05) is 0 Å². The average Bonchev–Trinajstić information content (AvgIpc) is 2.91. The molecule has 5 nitrogen and oxygen atoms in total. The Morgan fingerprint density at radius 1 is 1.24 bits per heavy atom. The van der Waals surface area contributed by atoms with Gasteiger partial charge in [-0.3, -0.25) is 0 Å². The third kappa shape index (κ3) is 2.93. The molecule has 0 aliphatic carbocycles. The topological polar surface area (TPSA) is 56.7 Å². The van der Waals surface area contributed by atoms with Crippen LogP contribution in [0.2, 0.25) is 0 Å². The molecule has 0 aromatic carbocycles. The second-order valence-electron chi connectivity index (χ2n) is 4.08. The first kappa shape index (κ1) is 11.8. The van der Waals surface area contributed by atoms with Crippen molar-refractivity contribution in [1.29, 1.82) is 0 Å². The van der Waals surface area contributed by atoms with Crippen LogP contribution in [0.4, 0.5) is 0 Å². The van der Waals surface area contributed by atoms with Crippen LogP contribution in [0.25, 0.3) is 0 Å². The van der Waals surface area contributed by atoms with Gasteiger partial charge in [0.1, 0.15) is 12.4 Å². The zero-order valence-electron chi connectivity index (χ0n) is 10.4. The van der Waals surface area contributed by atoms with Gasteiger partial charge >= 0.3 is 0 Å². The molecule has 0 N–H and O–H groups in total. The maximum absolute atomic E-state index is 5.21. The lowest BCUT2D eigenvalue weighted by Crippen LogP contribution is -2.04. The Balaban J connectivity index is 2.05. The minimum atomic E-state index is 0.617. The van der Waals surface area contributed by atoms with E-state index in [0.717, 1.165) is 37.3 Å². The molecule has 0 bridgehead atoms. The zero-order chi connectivity index (χ0) is 12.1. The molecule has 5 heteroatoms. The summed E-state index contributed by atoms with van der Waals surface area (Å²) < 4.78 is 7.28. The monoisotopic (exact) mass is 234 g/mol. The molecule has 17 heavy (non-hydrogen) atoms. The summed E-state index contributed by atoms with van der Waals surface area (Å²) in [7, 11) is 0. The van der Waals surface area contributed by atoms with Gasteiger partial charge in [-0.1, -0.05) is 19.0 Å². The molecular formula is C12H18N4O. The first-order chi connectivity index (χ1) is 8.33. The molecule has 92 valence electrons. The molecule has 0 fully saturated rings. The highest BCUT2D eigenvalue weighted by atomic mass is 16.5. The van der Waals surface area contributed by atoms with Crippen molar-refractivity contribution in [1.82, 2.24) is 19.7 Å². The Hall–Kier alpha value is -1.65. The van der Waals surface area contributed by atoms with Crippen LogP contribution < -0.4 is 0 Å². The Bertz CT molecular complexity index is 461. The van der Waals surface area contributed by atoms with Crippen molar-refractivity contribution in [3.05, 3.63) is 29.9 Å². The second-order valence-corrected chi connectivity index (χ2v) is 4.08. The summed E-state index contributed by atoms with van der Waals surface area (Å²) in [5.74, 6) is 2.52. The summed E-state index contributed by atoms with van der Waals surface area (Å²) in [6, 6.07) is 0.